The van der Waals surface area contributed by atoms with Gasteiger partial charge in [0.05, 0.1) is 11.8 Å². The summed E-state index contributed by atoms with van der Waals surface area (Å²) in [5.74, 6) is -2.04. The Labute approximate surface area is 137 Å². The second kappa shape index (κ2) is 8.89. The Morgan fingerprint density at radius 3 is 2.09 bits per heavy atom. The molecule has 2 saturated carbocycles. The maximum Gasteiger partial charge on any atom is 0.307 e. The number of carboxylic acids is 1. The van der Waals surface area contributed by atoms with E-state index in [0.717, 1.165) is 19.3 Å². The van der Waals surface area contributed by atoms with Crippen LogP contribution >= 0.6 is 0 Å². The quantitative estimate of drug-likeness (QED) is 0.677. The molecule has 0 saturated heterocycles. The summed E-state index contributed by atoms with van der Waals surface area (Å²) in [6.45, 7) is 0. The normalized spacial score (nSPS) is 25.6. The van der Waals surface area contributed by atoms with Crippen molar-refractivity contribution in [2.45, 2.75) is 70.6 Å². The largest absolute Gasteiger partial charge is 0.481 e. The molecule has 0 spiro atoms. The maximum absolute atomic E-state index is 12.1. The lowest BCUT2D eigenvalue weighted by molar-refractivity contribution is -0.149. The fourth-order valence-electron chi connectivity index (χ4n) is 3.84. The van der Waals surface area contributed by atoms with Gasteiger partial charge in [0.1, 0.15) is 0 Å². The molecule has 0 unspecified atom stereocenters. The van der Waals surface area contributed by atoms with Gasteiger partial charge in [-0.3, -0.25) is 25.2 Å². The van der Waals surface area contributed by atoms with Crippen molar-refractivity contribution in [2.24, 2.45) is 17.8 Å². The van der Waals surface area contributed by atoms with Gasteiger partial charge >= 0.3 is 5.97 Å². The minimum Gasteiger partial charge on any atom is -0.481 e. The summed E-state index contributed by atoms with van der Waals surface area (Å²) in [5, 5.41) is 9.20. The van der Waals surface area contributed by atoms with E-state index in [9.17, 15) is 19.5 Å². The lowest BCUT2D eigenvalue weighted by atomic mass is 9.79. The molecule has 3 N–H and O–H groups in total. The molecule has 0 aromatic rings. The molecule has 23 heavy (non-hydrogen) atoms. The van der Waals surface area contributed by atoms with Gasteiger partial charge < -0.3 is 5.11 Å². The van der Waals surface area contributed by atoms with Crippen molar-refractivity contribution in [3.05, 3.63) is 0 Å². The summed E-state index contributed by atoms with van der Waals surface area (Å²) in [6, 6.07) is 0. The molecule has 2 aliphatic rings. The molecule has 0 aromatic carbocycles. The predicted octanol–water partition coefficient (Wildman–Crippen LogP) is 2.39. The van der Waals surface area contributed by atoms with Gasteiger partial charge in [0.2, 0.25) is 11.8 Å². The Hall–Kier alpha value is -1.59. The number of hydrazine groups is 1. The first kappa shape index (κ1) is 17.8. The fourth-order valence-corrected chi connectivity index (χ4v) is 3.84. The first-order chi connectivity index (χ1) is 11.1. The summed E-state index contributed by atoms with van der Waals surface area (Å²) in [5.41, 5.74) is 4.87. The molecule has 130 valence electrons. The number of hydrogen-bond donors (Lipinski definition) is 3. The number of carbonyl (C=O) groups is 3. The van der Waals surface area contributed by atoms with Crippen molar-refractivity contribution in [1.29, 1.82) is 0 Å². The van der Waals surface area contributed by atoms with Crippen LogP contribution in [0.15, 0.2) is 0 Å². The minimum absolute atomic E-state index is 0.188. The summed E-state index contributed by atoms with van der Waals surface area (Å²) < 4.78 is 0. The minimum atomic E-state index is -0.923. The molecule has 2 fully saturated rings. The first-order valence-corrected chi connectivity index (χ1v) is 8.89. The van der Waals surface area contributed by atoms with E-state index in [1.807, 2.05) is 0 Å². The smallest absolute Gasteiger partial charge is 0.307 e. The molecule has 0 radical (unpaired) electrons. The van der Waals surface area contributed by atoms with E-state index in [1.54, 1.807) is 0 Å². The standard InChI is InChI=1S/C17H28N2O4/c20-15(11-10-12-6-2-1-3-7-12)18-19-16(21)13-8-4-5-9-14(13)17(22)23/h12-14H,1-11H2,(H,18,20)(H,19,21)(H,22,23)/t13-,14+/m1/s1. The molecule has 6 heteroatoms. The van der Waals surface area contributed by atoms with Crippen LogP contribution in [0, 0.1) is 17.8 Å². The van der Waals surface area contributed by atoms with E-state index in [-0.39, 0.29) is 11.8 Å². The van der Waals surface area contributed by atoms with Crippen molar-refractivity contribution in [3.8, 4) is 0 Å². The Balaban J connectivity index is 1.70. The highest BCUT2D eigenvalue weighted by atomic mass is 16.4. The topological polar surface area (TPSA) is 95.5 Å². The van der Waals surface area contributed by atoms with Crippen LogP contribution in [0.1, 0.15) is 70.6 Å². The molecule has 6 nitrogen and oxygen atoms in total. The number of carboxylic acid groups (broad SMARTS) is 1. The third-order valence-electron chi connectivity index (χ3n) is 5.25. The number of aliphatic carboxylic acids is 1. The second-order valence-electron chi connectivity index (χ2n) is 6.92. The molecule has 0 heterocycles. The van der Waals surface area contributed by atoms with Crippen molar-refractivity contribution in [2.75, 3.05) is 0 Å². The molecule has 0 aromatic heterocycles. The van der Waals surface area contributed by atoms with Crippen LogP contribution in [-0.2, 0) is 14.4 Å². The molecule has 2 aliphatic carbocycles. The van der Waals surface area contributed by atoms with Crippen molar-refractivity contribution in [3.63, 3.8) is 0 Å². The fraction of sp³-hybridized carbons (Fsp3) is 0.824. The van der Waals surface area contributed by atoms with Gasteiger partial charge in [-0.1, -0.05) is 44.9 Å². The lowest BCUT2D eigenvalue weighted by Gasteiger charge is -2.27. The molecule has 0 bridgehead atoms. The number of hydrogen-bond acceptors (Lipinski definition) is 3. The first-order valence-electron chi connectivity index (χ1n) is 8.89. The van der Waals surface area contributed by atoms with Gasteiger partial charge in [0.25, 0.3) is 0 Å². The van der Waals surface area contributed by atoms with Gasteiger partial charge in [-0.15, -0.1) is 0 Å². The van der Waals surface area contributed by atoms with Gasteiger partial charge in [-0.2, -0.15) is 0 Å². The Morgan fingerprint density at radius 2 is 1.43 bits per heavy atom. The van der Waals surface area contributed by atoms with Crippen LogP contribution in [0.2, 0.25) is 0 Å². The predicted molar refractivity (Wildman–Crippen MR) is 85.2 cm³/mol. The van der Waals surface area contributed by atoms with E-state index in [0.29, 0.717) is 25.2 Å². The third kappa shape index (κ3) is 5.52. The van der Waals surface area contributed by atoms with E-state index in [4.69, 9.17) is 0 Å². The zero-order valence-corrected chi connectivity index (χ0v) is 13.7. The molecular weight excluding hydrogens is 296 g/mol. The number of carbonyl (C=O) groups excluding carboxylic acids is 2. The second-order valence-corrected chi connectivity index (χ2v) is 6.92. The van der Waals surface area contributed by atoms with Gasteiger partial charge in [0, 0.05) is 6.42 Å². The average Bonchev–Trinajstić information content (AvgIpc) is 2.58. The monoisotopic (exact) mass is 324 g/mol. The van der Waals surface area contributed by atoms with Gasteiger partial charge in [-0.25, -0.2) is 0 Å². The van der Waals surface area contributed by atoms with Crippen molar-refractivity contribution < 1.29 is 19.5 Å². The molecule has 0 aliphatic heterocycles. The number of rotatable bonds is 5. The van der Waals surface area contributed by atoms with Crippen LogP contribution in [-0.4, -0.2) is 22.9 Å². The van der Waals surface area contributed by atoms with Crippen molar-refractivity contribution in [1.82, 2.24) is 10.9 Å². The van der Waals surface area contributed by atoms with Crippen LogP contribution in [0.5, 0.6) is 0 Å². The summed E-state index contributed by atoms with van der Waals surface area (Å²) in [4.78, 5) is 35.2. The lowest BCUT2D eigenvalue weighted by Crippen LogP contribution is -2.47. The summed E-state index contributed by atoms with van der Waals surface area (Å²) >= 11 is 0. The average molecular weight is 324 g/mol. The van der Waals surface area contributed by atoms with E-state index < -0.39 is 17.8 Å². The zero-order chi connectivity index (χ0) is 16.7. The number of nitrogens with one attached hydrogen (secondary N) is 2. The third-order valence-corrected chi connectivity index (χ3v) is 5.25. The highest BCUT2D eigenvalue weighted by Crippen LogP contribution is 2.30. The Kier molecular flexibility index (Phi) is 6.86. The van der Waals surface area contributed by atoms with Crippen LogP contribution < -0.4 is 10.9 Å². The highest BCUT2D eigenvalue weighted by Gasteiger charge is 2.35. The van der Waals surface area contributed by atoms with Gasteiger partial charge in [0.15, 0.2) is 0 Å². The van der Waals surface area contributed by atoms with Crippen LogP contribution in [0.3, 0.4) is 0 Å². The van der Waals surface area contributed by atoms with Crippen LogP contribution in [0.4, 0.5) is 0 Å². The van der Waals surface area contributed by atoms with E-state index >= 15 is 0 Å². The SMILES string of the molecule is O=C(CCC1CCCCC1)NNC(=O)[C@@H]1CCCC[C@@H]1C(=O)O. The Bertz CT molecular complexity index is 432. The number of amides is 2. The molecular formula is C17H28N2O4. The van der Waals surface area contributed by atoms with E-state index in [2.05, 4.69) is 10.9 Å². The molecule has 2 rings (SSSR count). The molecule has 2 atom stereocenters. The van der Waals surface area contributed by atoms with Gasteiger partial charge in [-0.05, 0) is 25.2 Å². The summed E-state index contributed by atoms with van der Waals surface area (Å²) in [6.07, 6.45) is 10.3. The maximum atomic E-state index is 12.1. The zero-order valence-electron chi connectivity index (χ0n) is 13.7. The summed E-state index contributed by atoms with van der Waals surface area (Å²) in [7, 11) is 0. The van der Waals surface area contributed by atoms with Crippen LogP contribution in [0.25, 0.3) is 0 Å². The van der Waals surface area contributed by atoms with E-state index in [1.165, 1.54) is 32.1 Å². The van der Waals surface area contributed by atoms with Crippen molar-refractivity contribution >= 4 is 17.8 Å². The Morgan fingerprint density at radius 1 is 0.826 bits per heavy atom. The molecule has 2 amide bonds. The highest BCUT2D eigenvalue weighted by molar-refractivity contribution is 5.87.